The first-order valence-corrected chi connectivity index (χ1v) is 6.07. The summed E-state index contributed by atoms with van der Waals surface area (Å²) in [6.07, 6.45) is 0. The van der Waals surface area contributed by atoms with E-state index in [9.17, 15) is 0 Å². The van der Waals surface area contributed by atoms with Crippen LogP contribution in [-0.4, -0.2) is 26.8 Å². The van der Waals surface area contributed by atoms with Gasteiger partial charge in [0.25, 0.3) is 0 Å². The van der Waals surface area contributed by atoms with Gasteiger partial charge in [0.1, 0.15) is 0 Å². The van der Waals surface area contributed by atoms with E-state index in [0.29, 0.717) is 0 Å². The molecule has 0 fully saturated rings. The van der Waals surface area contributed by atoms with Gasteiger partial charge in [-0.3, -0.25) is 0 Å². The summed E-state index contributed by atoms with van der Waals surface area (Å²) in [6, 6.07) is 5.95. The fraction of sp³-hybridized carbons (Fsp3) is 0.455. The van der Waals surface area contributed by atoms with Crippen LogP contribution in [0.1, 0.15) is 6.92 Å². The second-order valence-electron chi connectivity index (χ2n) is 3.33. The first kappa shape index (κ1) is 12.6. The maximum Gasteiger partial charge on any atom is 0.0641 e. The molecule has 2 N–H and O–H groups in total. The van der Waals surface area contributed by atoms with Crippen LogP contribution >= 0.6 is 22.6 Å². The van der Waals surface area contributed by atoms with Crippen LogP contribution in [0.2, 0.25) is 0 Å². The summed E-state index contributed by atoms with van der Waals surface area (Å²) in [5.41, 5.74) is 7.71. The molecular formula is C11H17IN2O. The lowest BCUT2D eigenvalue weighted by Crippen LogP contribution is -2.23. The summed E-state index contributed by atoms with van der Waals surface area (Å²) in [5, 5.41) is 0. The monoisotopic (exact) mass is 320 g/mol. The van der Waals surface area contributed by atoms with Crippen LogP contribution in [0.15, 0.2) is 18.2 Å². The molecule has 0 aliphatic rings. The van der Waals surface area contributed by atoms with E-state index in [1.54, 1.807) is 0 Å². The normalized spacial score (nSPS) is 10.3. The quantitative estimate of drug-likeness (QED) is 0.514. The number of halogens is 1. The number of anilines is 2. The number of hydrogen-bond acceptors (Lipinski definition) is 3. The van der Waals surface area contributed by atoms with Gasteiger partial charge >= 0.3 is 0 Å². The third-order valence-corrected chi connectivity index (χ3v) is 3.02. The van der Waals surface area contributed by atoms with E-state index in [2.05, 4.69) is 34.5 Å². The molecule has 3 nitrogen and oxygen atoms in total. The number of rotatable bonds is 5. The molecule has 0 bridgehead atoms. The Morgan fingerprint density at radius 2 is 2.20 bits per heavy atom. The van der Waals surface area contributed by atoms with Crippen molar-refractivity contribution in [3.63, 3.8) is 0 Å². The molecule has 0 saturated heterocycles. The topological polar surface area (TPSA) is 38.5 Å². The molecule has 0 spiro atoms. The summed E-state index contributed by atoms with van der Waals surface area (Å²) in [5.74, 6) is 0. The highest BCUT2D eigenvalue weighted by Gasteiger charge is 2.05. The lowest BCUT2D eigenvalue weighted by molar-refractivity contribution is 0.154. The zero-order valence-corrected chi connectivity index (χ0v) is 11.3. The van der Waals surface area contributed by atoms with Crippen LogP contribution in [0.25, 0.3) is 0 Å². The van der Waals surface area contributed by atoms with Crippen molar-refractivity contribution in [3.8, 4) is 0 Å². The van der Waals surface area contributed by atoms with E-state index >= 15 is 0 Å². The van der Waals surface area contributed by atoms with Crippen molar-refractivity contribution >= 4 is 34.0 Å². The van der Waals surface area contributed by atoms with Crippen LogP contribution in [0.4, 0.5) is 11.4 Å². The summed E-state index contributed by atoms with van der Waals surface area (Å²) in [4.78, 5) is 2.18. The molecular weight excluding hydrogens is 303 g/mol. The van der Waals surface area contributed by atoms with Gasteiger partial charge in [0.2, 0.25) is 0 Å². The molecule has 1 aromatic rings. The smallest absolute Gasteiger partial charge is 0.0641 e. The van der Waals surface area contributed by atoms with Crippen molar-refractivity contribution in [2.24, 2.45) is 0 Å². The minimum atomic E-state index is 0.757. The van der Waals surface area contributed by atoms with E-state index in [0.717, 1.165) is 25.4 Å². The van der Waals surface area contributed by atoms with Gasteiger partial charge in [0, 0.05) is 29.5 Å². The standard InChI is InChI=1S/C11H17IN2O/c1-3-15-7-6-14(2)11-5-4-9(13)8-10(11)12/h4-5,8H,3,6-7,13H2,1-2H3. The Morgan fingerprint density at radius 3 is 2.80 bits per heavy atom. The van der Waals surface area contributed by atoms with Crippen molar-refractivity contribution in [1.82, 2.24) is 0 Å². The molecule has 0 atom stereocenters. The first-order valence-electron chi connectivity index (χ1n) is 4.99. The van der Waals surface area contributed by atoms with E-state index in [-0.39, 0.29) is 0 Å². The summed E-state index contributed by atoms with van der Waals surface area (Å²) in [7, 11) is 2.06. The molecule has 0 radical (unpaired) electrons. The number of nitrogens with two attached hydrogens (primary N) is 1. The third-order valence-electron chi connectivity index (χ3n) is 2.16. The van der Waals surface area contributed by atoms with E-state index < -0.39 is 0 Å². The predicted molar refractivity (Wildman–Crippen MR) is 73.3 cm³/mol. The first-order chi connectivity index (χ1) is 7.15. The molecule has 15 heavy (non-hydrogen) atoms. The van der Waals surface area contributed by atoms with Gasteiger partial charge in [-0.2, -0.15) is 0 Å². The fourth-order valence-electron chi connectivity index (χ4n) is 1.30. The number of benzene rings is 1. The van der Waals surface area contributed by atoms with E-state index in [1.165, 1.54) is 9.26 Å². The van der Waals surface area contributed by atoms with Crippen LogP contribution < -0.4 is 10.6 Å². The van der Waals surface area contributed by atoms with E-state index in [1.807, 2.05) is 25.1 Å². The van der Waals surface area contributed by atoms with Gasteiger partial charge in [0.15, 0.2) is 0 Å². The Morgan fingerprint density at radius 1 is 1.47 bits per heavy atom. The lowest BCUT2D eigenvalue weighted by Gasteiger charge is -2.20. The van der Waals surface area contributed by atoms with Gasteiger partial charge in [-0.05, 0) is 47.7 Å². The lowest BCUT2D eigenvalue weighted by atomic mass is 10.2. The number of hydrogen-bond donors (Lipinski definition) is 1. The number of nitrogens with zero attached hydrogens (tertiary/aromatic N) is 1. The Hall–Kier alpha value is -0.490. The molecule has 1 aromatic carbocycles. The van der Waals surface area contributed by atoms with Crippen molar-refractivity contribution in [1.29, 1.82) is 0 Å². The molecule has 4 heteroatoms. The molecule has 0 unspecified atom stereocenters. The van der Waals surface area contributed by atoms with Crippen molar-refractivity contribution < 1.29 is 4.74 Å². The van der Waals surface area contributed by atoms with Crippen LogP contribution in [0.5, 0.6) is 0 Å². The summed E-state index contributed by atoms with van der Waals surface area (Å²) >= 11 is 2.30. The maximum absolute atomic E-state index is 5.70. The second kappa shape index (κ2) is 6.17. The largest absolute Gasteiger partial charge is 0.399 e. The summed E-state index contributed by atoms with van der Waals surface area (Å²) in [6.45, 7) is 4.43. The average Bonchev–Trinajstić information content (AvgIpc) is 2.17. The second-order valence-corrected chi connectivity index (χ2v) is 4.49. The molecule has 0 aromatic heterocycles. The third kappa shape index (κ3) is 3.87. The Labute approximate surface area is 105 Å². The molecule has 0 amide bonds. The van der Waals surface area contributed by atoms with Crippen LogP contribution in [0.3, 0.4) is 0 Å². The summed E-state index contributed by atoms with van der Waals surface area (Å²) < 4.78 is 6.49. The van der Waals surface area contributed by atoms with Crippen molar-refractivity contribution in [3.05, 3.63) is 21.8 Å². The number of nitrogen functional groups attached to an aromatic ring is 1. The van der Waals surface area contributed by atoms with E-state index in [4.69, 9.17) is 10.5 Å². The highest BCUT2D eigenvalue weighted by Crippen LogP contribution is 2.23. The van der Waals surface area contributed by atoms with Crippen molar-refractivity contribution in [2.75, 3.05) is 37.4 Å². The molecule has 0 saturated carbocycles. The highest BCUT2D eigenvalue weighted by molar-refractivity contribution is 14.1. The minimum Gasteiger partial charge on any atom is -0.399 e. The molecule has 0 heterocycles. The zero-order valence-electron chi connectivity index (χ0n) is 9.16. The number of likely N-dealkylation sites (N-methyl/N-ethyl adjacent to an activating group) is 1. The number of ether oxygens (including phenoxy) is 1. The predicted octanol–water partition coefficient (Wildman–Crippen LogP) is 2.35. The van der Waals surface area contributed by atoms with Crippen LogP contribution in [-0.2, 0) is 4.74 Å². The molecule has 84 valence electrons. The zero-order chi connectivity index (χ0) is 11.3. The van der Waals surface area contributed by atoms with Gasteiger partial charge in [-0.1, -0.05) is 0 Å². The maximum atomic E-state index is 5.70. The fourth-order valence-corrected chi connectivity index (χ4v) is 2.25. The Bertz CT molecular complexity index is 317. The molecule has 0 aliphatic carbocycles. The van der Waals surface area contributed by atoms with Gasteiger partial charge < -0.3 is 15.4 Å². The van der Waals surface area contributed by atoms with Gasteiger partial charge in [-0.15, -0.1) is 0 Å². The Balaban J connectivity index is 2.61. The Kier molecular flexibility index (Phi) is 5.17. The molecule has 0 aliphatic heterocycles. The molecule has 1 rings (SSSR count). The SMILES string of the molecule is CCOCCN(C)c1ccc(N)cc1I. The van der Waals surface area contributed by atoms with Crippen molar-refractivity contribution in [2.45, 2.75) is 6.92 Å². The van der Waals surface area contributed by atoms with Crippen LogP contribution in [0, 0.1) is 3.57 Å². The highest BCUT2D eigenvalue weighted by atomic mass is 127. The minimum absolute atomic E-state index is 0.757. The van der Waals surface area contributed by atoms with Gasteiger partial charge in [-0.25, -0.2) is 0 Å². The van der Waals surface area contributed by atoms with Gasteiger partial charge in [0.05, 0.1) is 12.3 Å². The average molecular weight is 320 g/mol.